The highest BCUT2D eigenvalue weighted by Gasteiger charge is 2.50. The van der Waals surface area contributed by atoms with E-state index in [0.717, 1.165) is 17.7 Å². The van der Waals surface area contributed by atoms with Crippen molar-refractivity contribution in [1.82, 2.24) is 4.98 Å². The molecule has 1 aromatic heterocycles. The van der Waals surface area contributed by atoms with E-state index in [-0.39, 0.29) is 29.4 Å². The second kappa shape index (κ2) is 5.67. The first-order valence-corrected chi connectivity index (χ1v) is 10.7. The van der Waals surface area contributed by atoms with E-state index in [1.807, 2.05) is 17.5 Å². The lowest BCUT2D eigenvalue weighted by atomic mass is 10.1. The third-order valence-corrected chi connectivity index (χ3v) is 7.46. The molecule has 24 heavy (non-hydrogen) atoms. The van der Waals surface area contributed by atoms with Crippen LogP contribution < -0.4 is 4.90 Å². The quantitative estimate of drug-likeness (QED) is 0.841. The lowest BCUT2D eigenvalue weighted by Crippen LogP contribution is -2.36. The zero-order valence-corrected chi connectivity index (χ0v) is 14.9. The van der Waals surface area contributed by atoms with Crippen LogP contribution in [0.25, 0.3) is 11.3 Å². The Morgan fingerprint density at radius 3 is 2.71 bits per heavy atom. The van der Waals surface area contributed by atoms with Crippen LogP contribution in [-0.2, 0) is 21.1 Å². The van der Waals surface area contributed by atoms with E-state index in [9.17, 15) is 13.2 Å². The second-order valence-corrected chi connectivity index (χ2v) is 9.43. The molecule has 2 aromatic rings. The molecule has 0 radical (unpaired) electrons. The molecular formula is C17H18N2O3S2. The standard InChI is InChI=1S/C17H18N2O3S2/c1-2-11-3-5-12(6-4-11)14-8-23-17(18-14)19-15-10-24(21,22)9-13(15)7-16(19)20/h3-6,8,13,15H,2,7,9-10H2,1H3/t13-,15+/m1/s1. The fourth-order valence-corrected chi connectivity index (χ4v) is 6.53. The average Bonchev–Trinajstić information content (AvgIpc) is 3.19. The molecule has 126 valence electrons. The number of aryl methyl sites for hydroxylation is 1. The Morgan fingerprint density at radius 2 is 2.00 bits per heavy atom. The second-order valence-electron chi connectivity index (χ2n) is 6.44. The number of rotatable bonds is 3. The summed E-state index contributed by atoms with van der Waals surface area (Å²) in [6.45, 7) is 2.11. The number of benzene rings is 1. The molecule has 0 spiro atoms. The van der Waals surface area contributed by atoms with Gasteiger partial charge in [0.2, 0.25) is 5.91 Å². The van der Waals surface area contributed by atoms with E-state index in [1.54, 1.807) is 4.90 Å². The first-order valence-electron chi connectivity index (χ1n) is 8.04. The molecule has 2 aliphatic heterocycles. The van der Waals surface area contributed by atoms with Crippen LogP contribution in [0.2, 0.25) is 0 Å². The molecule has 3 heterocycles. The normalized spacial score (nSPS) is 25.2. The Bertz CT molecular complexity index is 887. The molecule has 2 saturated heterocycles. The van der Waals surface area contributed by atoms with Gasteiger partial charge in [0.15, 0.2) is 15.0 Å². The van der Waals surface area contributed by atoms with Gasteiger partial charge in [0.05, 0.1) is 23.2 Å². The molecule has 2 atom stereocenters. The molecule has 2 fully saturated rings. The summed E-state index contributed by atoms with van der Waals surface area (Å²) < 4.78 is 23.7. The lowest BCUT2D eigenvalue weighted by molar-refractivity contribution is -0.117. The summed E-state index contributed by atoms with van der Waals surface area (Å²) in [5.74, 6) is 0.0842. The third-order valence-electron chi connectivity index (χ3n) is 4.83. The van der Waals surface area contributed by atoms with Gasteiger partial charge in [-0.25, -0.2) is 13.4 Å². The number of nitrogens with zero attached hydrogens (tertiary/aromatic N) is 2. The van der Waals surface area contributed by atoms with E-state index in [2.05, 4.69) is 24.0 Å². The first kappa shape index (κ1) is 15.8. The zero-order valence-electron chi connectivity index (χ0n) is 13.3. The molecule has 7 heteroatoms. The van der Waals surface area contributed by atoms with Crippen molar-refractivity contribution in [2.75, 3.05) is 16.4 Å². The van der Waals surface area contributed by atoms with Crippen molar-refractivity contribution in [2.45, 2.75) is 25.8 Å². The summed E-state index contributed by atoms with van der Waals surface area (Å²) in [6.07, 6.45) is 1.30. The summed E-state index contributed by atoms with van der Waals surface area (Å²) in [5.41, 5.74) is 3.11. The van der Waals surface area contributed by atoms with Gasteiger partial charge in [0, 0.05) is 23.3 Å². The molecule has 0 bridgehead atoms. The number of carbonyl (C=O) groups is 1. The molecular weight excluding hydrogens is 344 g/mol. The summed E-state index contributed by atoms with van der Waals surface area (Å²) in [6, 6.07) is 7.98. The Hall–Kier alpha value is -1.73. The van der Waals surface area contributed by atoms with Crippen LogP contribution in [0.3, 0.4) is 0 Å². The van der Waals surface area contributed by atoms with Crippen molar-refractivity contribution >= 4 is 32.2 Å². The molecule has 1 amide bonds. The fraction of sp³-hybridized carbons (Fsp3) is 0.412. The molecule has 4 rings (SSSR count). The Morgan fingerprint density at radius 1 is 1.25 bits per heavy atom. The number of carbonyl (C=O) groups excluding carboxylic acids is 1. The minimum absolute atomic E-state index is 0.0119. The maximum Gasteiger partial charge on any atom is 0.229 e. The number of anilines is 1. The monoisotopic (exact) mass is 362 g/mol. The highest BCUT2D eigenvalue weighted by atomic mass is 32.2. The number of hydrogen-bond acceptors (Lipinski definition) is 5. The Balaban J connectivity index is 1.63. The van der Waals surface area contributed by atoms with Gasteiger partial charge in [-0.3, -0.25) is 9.69 Å². The molecule has 5 nitrogen and oxygen atoms in total. The van der Waals surface area contributed by atoms with Gasteiger partial charge in [-0.15, -0.1) is 11.3 Å². The largest absolute Gasteiger partial charge is 0.284 e. The maximum atomic E-state index is 12.3. The van der Waals surface area contributed by atoms with Crippen molar-refractivity contribution < 1.29 is 13.2 Å². The third kappa shape index (κ3) is 2.65. The highest BCUT2D eigenvalue weighted by molar-refractivity contribution is 7.91. The topological polar surface area (TPSA) is 67.3 Å². The molecule has 0 aliphatic carbocycles. The number of hydrogen-bond donors (Lipinski definition) is 0. The smallest absolute Gasteiger partial charge is 0.229 e. The molecule has 0 N–H and O–H groups in total. The first-order chi connectivity index (χ1) is 11.5. The molecule has 2 aliphatic rings. The van der Waals surface area contributed by atoms with Crippen LogP contribution in [0, 0.1) is 5.92 Å². The summed E-state index contributed by atoms with van der Waals surface area (Å²) in [5, 5.41) is 2.54. The lowest BCUT2D eigenvalue weighted by Gasteiger charge is -2.19. The van der Waals surface area contributed by atoms with Crippen LogP contribution in [0.1, 0.15) is 18.9 Å². The van der Waals surface area contributed by atoms with Gasteiger partial charge in [0.1, 0.15) is 0 Å². The van der Waals surface area contributed by atoms with Gasteiger partial charge in [-0.05, 0) is 12.0 Å². The van der Waals surface area contributed by atoms with E-state index in [0.29, 0.717) is 11.6 Å². The van der Waals surface area contributed by atoms with Crippen molar-refractivity contribution in [3.63, 3.8) is 0 Å². The summed E-state index contributed by atoms with van der Waals surface area (Å²) in [4.78, 5) is 18.5. The van der Waals surface area contributed by atoms with Gasteiger partial charge >= 0.3 is 0 Å². The van der Waals surface area contributed by atoms with Crippen LogP contribution in [0.4, 0.5) is 5.13 Å². The van der Waals surface area contributed by atoms with Gasteiger partial charge in [-0.2, -0.15) is 0 Å². The summed E-state index contributed by atoms with van der Waals surface area (Å²) in [7, 11) is -3.04. The Labute approximate surface area is 145 Å². The summed E-state index contributed by atoms with van der Waals surface area (Å²) >= 11 is 1.40. The number of thiazole rings is 1. The maximum absolute atomic E-state index is 12.3. The fourth-order valence-electron chi connectivity index (χ4n) is 3.56. The van der Waals surface area contributed by atoms with Gasteiger partial charge in [-0.1, -0.05) is 31.2 Å². The predicted octanol–water partition coefficient (Wildman–Crippen LogP) is 2.52. The number of fused-ring (bicyclic) bond motifs is 1. The number of aromatic nitrogens is 1. The minimum Gasteiger partial charge on any atom is -0.284 e. The van der Waals surface area contributed by atoms with Crippen molar-refractivity contribution in [3.05, 3.63) is 35.2 Å². The van der Waals surface area contributed by atoms with E-state index in [1.165, 1.54) is 16.9 Å². The predicted molar refractivity (Wildman–Crippen MR) is 95.0 cm³/mol. The van der Waals surface area contributed by atoms with Crippen molar-refractivity contribution in [3.8, 4) is 11.3 Å². The van der Waals surface area contributed by atoms with E-state index in [4.69, 9.17) is 0 Å². The Kier molecular flexibility index (Phi) is 3.73. The van der Waals surface area contributed by atoms with Crippen LogP contribution in [0.5, 0.6) is 0 Å². The highest BCUT2D eigenvalue weighted by Crippen LogP contribution is 2.39. The number of sulfone groups is 1. The van der Waals surface area contributed by atoms with Crippen molar-refractivity contribution in [2.24, 2.45) is 5.92 Å². The van der Waals surface area contributed by atoms with E-state index < -0.39 is 9.84 Å². The molecule has 1 aromatic carbocycles. The number of amides is 1. The minimum atomic E-state index is -3.04. The SMILES string of the molecule is CCc1ccc(-c2csc(N3C(=O)C[C@@H]4CS(=O)(=O)C[C@@H]43)n2)cc1. The van der Waals surface area contributed by atoms with Gasteiger partial charge < -0.3 is 0 Å². The average molecular weight is 362 g/mol. The van der Waals surface area contributed by atoms with Crippen molar-refractivity contribution in [1.29, 1.82) is 0 Å². The zero-order chi connectivity index (χ0) is 16.9. The van der Waals surface area contributed by atoms with Crippen LogP contribution >= 0.6 is 11.3 Å². The van der Waals surface area contributed by atoms with Gasteiger partial charge in [0.25, 0.3) is 0 Å². The molecule has 0 saturated carbocycles. The van der Waals surface area contributed by atoms with Crippen LogP contribution in [0.15, 0.2) is 29.6 Å². The molecule has 0 unspecified atom stereocenters. The van der Waals surface area contributed by atoms with E-state index >= 15 is 0 Å². The van der Waals surface area contributed by atoms with Crippen LogP contribution in [-0.4, -0.2) is 36.9 Å².